The standard InChI is InChI=1S/C14H19Cl2FN2/c1-9(10-3-5-19(2)6-4-10)18-11-7-12(15)14(17)13(16)8-11/h7-10,18H,3-6H2,1-2H3. The van der Waals surface area contributed by atoms with Gasteiger partial charge in [0.1, 0.15) is 0 Å². The summed E-state index contributed by atoms with van der Waals surface area (Å²) in [5.74, 6) is 0.0691. The van der Waals surface area contributed by atoms with Gasteiger partial charge in [0.2, 0.25) is 0 Å². The zero-order chi connectivity index (χ0) is 14.0. The van der Waals surface area contributed by atoms with Gasteiger partial charge in [-0.05, 0) is 58.0 Å². The molecule has 0 saturated carbocycles. The Morgan fingerprint density at radius 1 is 1.26 bits per heavy atom. The van der Waals surface area contributed by atoms with Crippen LogP contribution in [0.5, 0.6) is 0 Å². The van der Waals surface area contributed by atoms with E-state index in [1.807, 2.05) is 0 Å². The second-order valence-corrected chi connectivity index (χ2v) is 6.14. The van der Waals surface area contributed by atoms with E-state index in [0.29, 0.717) is 12.0 Å². The highest BCUT2D eigenvalue weighted by atomic mass is 35.5. The Morgan fingerprint density at radius 3 is 2.32 bits per heavy atom. The Hall–Kier alpha value is -0.510. The lowest BCUT2D eigenvalue weighted by Crippen LogP contribution is -2.37. The maximum Gasteiger partial charge on any atom is 0.160 e. The molecule has 1 saturated heterocycles. The fourth-order valence-electron chi connectivity index (χ4n) is 2.55. The number of benzene rings is 1. The molecule has 1 fully saturated rings. The van der Waals surface area contributed by atoms with E-state index in [2.05, 4.69) is 24.2 Å². The fourth-order valence-corrected chi connectivity index (χ4v) is 3.04. The third-order valence-corrected chi connectivity index (χ3v) is 4.40. The highest BCUT2D eigenvalue weighted by molar-refractivity contribution is 6.35. The molecule has 0 aliphatic carbocycles. The van der Waals surface area contributed by atoms with Crippen LogP contribution in [0.4, 0.5) is 10.1 Å². The van der Waals surface area contributed by atoms with E-state index >= 15 is 0 Å². The van der Waals surface area contributed by atoms with Crippen LogP contribution in [0.1, 0.15) is 19.8 Å². The monoisotopic (exact) mass is 304 g/mol. The van der Waals surface area contributed by atoms with Gasteiger partial charge in [0.25, 0.3) is 0 Å². The predicted molar refractivity (Wildman–Crippen MR) is 79.7 cm³/mol. The highest BCUT2D eigenvalue weighted by Gasteiger charge is 2.22. The maximum atomic E-state index is 13.3. The second-order valence-electron chi connectivity index (χ2n) is 5.33. The molecule has 19 heavy (non-hydrogen) atoms. The number of nitrogens with zero attached hydrogens (tertiary/aromatic N) is 1. The Morgan fingerprint density at radius 2 is 1.79 bits per heavy atom. The van der Waals surface area contributed by atoms with Crippen molar-refractivity contribution >= 4 is 28.9 Å². The van der Waals surface area contributed by atoms with Crippen LogP contribution in [0.15, 0.2) is 12.1 Å². The van der Waals surface area contributed by atoms with Crippen LogP contribution in [0, 0.1) is 11.7 Å². The lowest BCUT2D eigenvalue weighted by Gasteiger charge is -2.33. The first-order valence-electron chi connectivity index (χ1n) is 6.57. The van der Waals surface area contributed by atoms with E-state index in [1.54, 1.807) is 12.1 Å². The number of hydrogen-bond donors (Lipinski definition) is 1. The summed E-state index contributed by atoms with van der Waals surface area (Å²) < 4.78 is 13.3. The van der Waals surface area contributed by atoms with Crippen molar-refractivity contribution in [3.63, 3.8) is 0 Å². The molecule has 106 valence electrons. The first-order valence-corrected chi connectivity index (χ1v) is 7.32. The van der Waals surface area contributed by atoms with E-state index in [9.17, 15) is 4.39 Å². The second kappa shape index (κ2) is 6.29. The lowest BCUT2D eigenvalue weighted by atomic mass is 9.90. The van der Waals surface area contributed by atoms with Crippen LogP contribution in [0.2, 0.25) is 10.0 Å². The molecule has 1 atom stereocenters. The van der Waals surface area contributed by atoms with E-state index in [4.69, 9.17) is 23.2 Å². The van der Waals surface area contributed by atoms with E-state index in [0.717, 1.165) is 18.8 Å². The number of likely N-dealkylation sites (tertiary alicyclic amines) is 1. The number of rotatable bonds is 3. The molecule has 1 unspecified atom stereocenters. The van der Waals surface area contributed by atoms with Crippen LogP contribution < -0.4 is 5.32 Å². The third kappa shape index (κ3) is 3.74. The molecule has 1 heterocycles. The lowest BCUT2D eigenvalue weighted by molar-refractivity contribution is 0.208. The zero-order valence-corrected chi connectivity index (χ0v) is 12.7. The molecule has 1 aromatic rings. The Bertz CT molecular complexity index is 422. The molecule has 0 radical (unpaired) electrons. The Balaban J connectivity index is 2.00. The molecule has 0 bridgehead atoms. The third-order valence-electron chi connectivity index (χ3n) is 3.85. The molecule has 0 spiro atoms. The molecular weight excluding hydrogens is 286 g/mol. The van der Waals surface area contributed by atoms with Gasteiger partial charge in [-0.3, -0.25) is 0 Å². The summed E-state index contributed by atoms with van der Waals surface area (Å²) in [6.07, 6.45) is 2.35. The van der Waals surface area contributed by atoms with Crippen LogP contribution in [-0.4, -0.2) is 31.1 Å². The summed E-state index contributed by atoms with van der Waals surface area (Å²) in [4.78, 5) is 2.34. The number of halogens is 3. The average molecular weight is 305 g/mol. The van der Waals surface area contributed by atoms with E-state index in [-0.39, 0.29) is 10.0 Å². The Labute approximate surface area is 123 Å². The highest BCUT2D eigenvalue weighted by Crippen LogP contribution is 2.29. The molecule has 1 aliphatic heterocycles. The van der Waals surface area contributed by atoms with Gasteiger partial charge in [-0.15, -0.1) is 0 Å². The summed E-state index contributed by atoms with van der Waals surface area (Å²) in [5.41, 5.74) is 0.780. The van der Waals surface area contributed by atoms with Crippen molar-refractivity contribution < 1.29 is 4.39 Å². The number of nitrogens with one attached hydrogen (secondary N) is 1. The van der Waals surface area contributed by atoms with Crippen molar-refractivity contribution in [3.8, 4) is 0 Å². The zero-order valence-electron chi connectivity index (χ0n) is 11.2. The summed E-state index contributed by atoms with van der Waals surface area (Å²) in [7, 11) is 2.15. The molecule has 0 amide bonds. The molecule has 1 N–H and O–H groups in total. The first kappa shape index (κ1) is 14.9. The van der Waals surface area contributed by atoms with Crippen molar-refractivity contribution in [2.75, 3.05) is 25.5 Å². The molecular formula is C14H19Cl2FN2. The quantitative estimate of drug-likeness (QED) is 0.839. The van der Waals surface area contributed by atoms with Crippen molar-refractivity contribution in [2.45, 2.75) is 25.8 Å². The molecule has 2 nitrogen and oxygen atoms in total. The molecule has 0 aromatic heterocycles. The summed E-state index contributed by atoms with van der Waals surface area (Å²) in [6.45, 7) is 4.41. The predicted octanol–water partition coefficient (Wildman–Crippen LogP) is 4.27. The van der Waals surface area contributed by atoms with Gasteiger partial charge in [0.15, 0.2) is 5.82 Å². The van der Waals surface area contributed by atoms with Crippen molar-refractivity contribution in [1.82, 2.24) is 4.90 Å². The van der Waals surface area contributed by atoms with Crippen molar-refractivity contribution in [1.29, 1.82) is 0 Å². The van der Waals surface area contributed by atoms with Crippen LogP contribution >= 0.6 is 23.2 Å². The van der Waals surface area contributed by atoms with Gasteiger partial charge in [-0.1, -0.05) is 23.2 Å². The minimum Gasteiger partial charge on any atom is -0.382 e. The topological polar surface area (TPSA) is 15.3 Å². The fraction of sp³-hybridized carbons (Fsp3) is 0.571. The van der Waals surface area contributed by atoms with Crippen LogP contribution in [0.25, 0.3) is 0 Å². The van der Waals surface area contributed by atoms with Gasteiger partial charge in [-0.2, -0.15) is 0 Å². The van der Waals surface area contributed by atoms with E-state index < -0.39 is 5.82 Å². The summed E-state index contributed by atoms with van der Waals surface area (Å²) >= 11 is 11.6. The number of piperidine rings is 1. The summed E-state index contributed by atoms with van der Waals surface area (Å²) in [5, 5.41) is 3.50. The Kier molecular flexibility index (Phi) is 4.93. The van der Waals surface area contributed by atoms with Gasteiger partial charge in [0, 0.05) is 11.7 Å². The molecule has 1 aliphatic rings. The molecule has 5 heteroatoms. The van der Waals surface area contributed by atoms with Crippen molar-refractivity contribution in [3.05, 3.63) is 28.0 Å². The number of anilines is 1. The van der Waals surface area contributed by atoms with Gasteiger partial charge in [-0.25, -0.2) is 4.39 Å². The largest absolute Gasteiger partial charge is 0.382 e. The molecule has 2 rings (SSSR count). The van der Waals surface area contributed by atoms with Gasteiger partial charge < -0.3 is 10.2 Å². The summed E-state index contributed by atoms with van der Waals surface area (Å²) in [6, 6.07) is 3.51. The maximum absolute atomic E-state index is 13.3. The molecule has 1 aromatic carbocycles. The minimum atomic E-state index is -0.555. The van der Waals surface area contributed by atoms with Crippen LogP contribution in [0.3, 0.4) is 0 Å². The average Bonchev–Trinajstić information content (AvgIpc) is 2.36. The number of hydrogen-bond acceptors (Lipinski definition) is 2. The minimum absolute atomic E-state index is 0.0607. The van der Waals surface area contributed by atoms with Gasteiger partial charge >= 0.3 is 0 Å². The smallest absolute Gasteiger partial charge is 0.160 e. The van der Waals surface area contributed by atoms with Crippen molar-refractivity contribution in [2.24, 2.45) is 5.92 Å². The van der Waals surface area contributed by atoms with E-state index in [1.165, 1.54) is 12.8 Å². The van der Waals surface area contributed by atoms with Gasteiger partial charge in [0.05, 0.1) is 10.0 Å². The first-order chi connectivity index (χ1) is 8.97. The normalized spacial score (nSPS) is 19.4. The van der Waals surface area contributed by atoms with Crippen LogP contribution in [-0.2, 0) is 0 Å². The SMILES string of the molecule is CC(Nc1cc(Cl)c(F)c(Cl)c1)C1CCN(C)CC1.